The van der Waals surface area contributed by atoms with Gasteiger partial charge in [-0.15, -0.1) is 0 Å². The van der Waals surface area contributed by atoms with Gasteiger partial charge in [-0.05, 0) is 68.5 Å². The first-order valence-electron chi connectivity index (χ1n) is 10.7. The first kappa shape index (κ1) is 22.8. The minimum Gasteiger partial charge on any atom is -0.387 e. The lowest BCUT2D eigenvalue weighted by molar-refractivity contribution is 0.469. The highest BCUT2D eigenvalue weighted by molar-refractivity contribution is 5.97. The number of nitrogens with one attached hydrogen (secondary N) is 1. The van der Waals surface area contributed by atoms with Crippen LogP contribution in [0.1, 0.15) is 49.8 Å². The van der Waals surface area contributed by atoms with Crippen molar-refractivity contribution in [3.63, 3.8) is 0 Å². The van der Waals surface area contributed by atoms with Gasteiger partial charge in [0.25, 0.3) is 0 Å². The molecule has 3 N–H and O–H groups in total. The van der Waals surface area contributed by atoms with Crippen LogP contribution >= 0.6 is 0 Å². The van der Waals surface area contributed by atoms with Crippen LogP contribution in [-0.2, 0) is 12.8 Å². The lowest BCUT2D eigenvalue weighted by Crippen LogP contribution is -2.22. The molecule has 0 heterocycles. The lowest BCUT2D eigenvalue weighted by Gasteiger charge is -2.17. The molecule has 0 aromatic heterocycles. The summed E-state index contributed by atoms with van der Waals surface area (Å²) < 4.78 is 0. The SMILES string of the molecule is CCC(N)=NC(CCC(CNC)Cc1ccccc1)=Nc1ccc(CC)cc1C. The molecule has 2 aromatic rings. The molecule has 0 radical (unpaired) electrons. The van der Waals surface area contributed by atoms with Crippen LogP contribution in [0.4, 0.5) is 5.69 Å². The molecule has 0 saturated carbocycles. The van der Waals surface area contributed by atoms with Crippen molar-refractivity contribution in [1.82, 2.24) is 5.32 Å². The van der Waals surface area contributed by atoms with E-state index in [2.05, 4.69) is 72.7 Å². The summed E-state index contributed by atoms with van der Waals surface area (Å²) in [6, 6.07) is 17.1. The van der Waals surface area contributed by atoms with Crippen molar-refractivity contribution in [2.45, 2.75) is 52.9 Å². The molecule has 0 amide bonds. The van der Waals surface area contributed by atoms with Crippen LogP contribution in [0.15, 0.2) is 58.5 Å². The molecule has 2 aromatic carbocycles. The Morgan fingerprint density at radius 1 is 1.07 bits per heavy atom. The third-order valence-electron chi connectivity index (χ3n) is 5.19. The fourth-order valence-electron chi connectivity index (χ4n) is 3.43. The summed E-state index contributed by atoms with van der Waals surface area (Å²) in [5.41, 5.74) is 10.9. The third kappa shape index (κ3) is 7.82. The molecule has 0 aliphatic carbocycles. The number of nitrogens with zero attached hydrogens (tertiary/aromatic N) is 2. The second-order valence-corrected chi connectivity index (χ2v) is 7.61. The zero-order valence-electron chi connectivity index (χ0n) is 18.4. The van der Waals surface area contributed by atoms with Crippen LogP contribution in [-0.4, -0.2) is 25.3 Å². The van der Waals surface area contributed by atoms with E-state index in [1.54, 1.807) is 0 Å². The van der Waals surface area contributed by atoms with Gasteiger partial charge in [-0.2, -0.15) is 0 Å². The van der Waals surface area contributed by atoms with Crippen LogP contribution < -0.4 is 11.1 Å². The first-order chi connectivity index (χ1) is 14.0. The van der Waals surface area contributed by atoms with E-state index < -0.39 is 0 Å². The van der Waals surface area contributed by atoms with Gasteiger partial charge in [-0.25, -0.2) is 9.98 Å². The van der Waals surface area contributed by atoms with Crippen LogP contribution in [0, 0.1) is 12.8 Å². The van der Waals surface area contributed by atoms with Gasteiger partial charge in [0.05, 0.1) is 5.69 Å². The van der Waals surface area contributed by atoms with Crippen molar-refractivity contribution in [3.05, 3.63) is 65.2 Å². The smallest absolute Gasteiger partial charge is 0.131 e. The standard InChI is InChI=1S/C25H36N4/c1-5-20-12-14-23(19(3)16-20)28-25(29-24(26)6-2)15-13-22(18-27-4)17-21-10-8-7-9-11-21/h7-12,14,16,22,27H,5-6,13,15,17-18H2,1-4H3,(H2,26,28,29). The maximum Gasteiger partial charge on any atom is 0.131 e. The molecule has 156 valence electrons. The Hall–Kier alpha value is -2.46. The topological polar surface area (TPSA) is 62.8 Å². The second-order valence-electron chi connectivity index (χ2n) is 7.61. The highest BCUT2D eigenvalue weighted by Crippen LogP contribution is 2.22. The van der Waals surface area contributed by atoms with E-state index in [1.165, 1.54) is 16.7 Å². The van der Waals surface area contributed by atoms with Gasteiger partial charge in [0.15, 0.2) is 0 Å². The maximum absolute atomic E-state index is 6.06. The summed E-state index contributed by atoms with van der Waals surface area (Å²) in [6.07, 6.45) is 4.64. The molecule has 0 bridgehead atoms. The molecular formula is C25H36N4. The van der Waals surface area contributed by atoms with Gasteiger partial charge in [-0.3, -0.25) is 0 Å². The Kier molecular flexibility index (Phi) is 9.58. The number of aliphatic imine (C=N–C) groups is 2. The monoisotopic (exact) mass is 392 g/mol. The molecule has 1 atom stereocenters. The van der Waals surface area contributed by atoms with Crippen molar-refractivity contribution < 1.29 is 0 Å². The van der Waals surface area contributed by atoms with Gasteiger partial charge in [0.1, 0.15) is 11.7 Å². The summed E-state index contributed by atoms with van der Waals surface area (Å²) in [4.78, 5) is 9.53. The Labute approximate surface area is 176 Å². The molecule has 29 heavy (non-hydrogen) atoms. The zero-order valence-corrected chi connectivity index (χ0v) is 18.4. The maximum atomic E-state index is 6.06. The van der Waals surface area contributed by atoms with E-state index >= 15 is 0 Å². The van der Waals surface area contributed by atoms with E-state index in [0.29, 0.717) is 11.8 Å². The fourth-order valence-corrected chi connectivity index (χ4v) is 3.43. The highest BCUT2D eigenvalue weighted by atomic mass is 15.0. The highest BCUT2D eigenvalue weighted by Gasteiger charge is 2.12. The van der Waals surface area contributed by atoms with Crippen LogP contribution in [0.3, 0.4) is 0 Å². The number of hydrogen-bond donors (Lipinski definition) is 2. The van der Waals surface area contributed by atoms with Crippen LogP contribution in [0.25, 0.3) is 0 Å². The van der Waals surface area contributed by atoms with Gasteiger partial charge >= 0.3 is 0 Å². The molecular weight excluding hydrogens is 356 g/mol. The van der Waals surface area contributed by atoms with Gasteiger partial charge < -0.3 is 11.1 Å². The molecule has 1 unspecified atom stereocenters. The van der Waals surface area contributed by atoms with Gasteiger partial charge in [-0.1, -0.05) is 56.3 Å². The van der Waals surface area contributed by atoms with Crippen molar-refractivity contribution >= 4 is 17.4 Å². The van der Waals surface area contributed by atoms with Crippen LogP contribution in [0.2, 0.25) is 0 Å². The Balaban J connectivity index is 2.18. The summed E-state index contributed by atoms with van der Waals surface area (Å²) in [5.74, 6) is 1.99. The molecule has 0 aliphatic heterocycles. The van der Waals surface area contributed by atoms with E-state index in [1.807, 2.05) is 14.0 Å². The van der Waals surface area contributed by atoms with Crippen molar-refractivity contribution in [2.75, 3.05) is 13.6 Å². The Bertz CT molecular complexity index is 809. The number of rotatable bonds is 10. The number of amidine groups is 2. The molecule has 2 rings (SSSR count). The van der Waals surface area contributed by atoms with E-state index in [4.69, 9.17) is 10.7 Å². The fraction of sp³-hybridized carbons (Fsp3) is 0.440. The summed E-state index contributed by atoms with van der Waals surface area (Å²) in [5, 5.41) is 3.33. The Morgan fingerprint density at radius 3 is 2.45 bits per heavy atom. The van der Waals surface area contributed by atoms with E-state index in [9.17, 15) is 0 Å². The van der Waals surface area contributed by atoms with Crippen molar-refractivity contribution in [3.8, 4) is 0 Å². The largest absolute Gasteiger partial charge is 0.387 e. The molecule has 0 saturated heterocycles. The molecule has 0 fully saturated rings. The molecule has 4 heteroatoms. The average Bonchev–Trinajstić information content (AvgIpc) is 2.73. The van der Waals surface area contributed by atoms with Gasteiger partial charge in [0, 0.05) is 12.8 Å². The number of hydrogen-bond acceptors (Lipinski definition) is 2. The minimum absolute atomic E-state index is 0.522. The zero-order chi connectivity index (χ0) is 21.1. The molecule has 0 aliphatic rings. The normalized spacial score (nSPS) is 13.5. The summed E-state index contributed by atoms with van der Waals surface area (Å²) in [6.45, 7) is 7.28. The number of aryl methyl sites for hydroxylation is 2. The van der Waals surface area contributed by atoms with Gasteiger partial charge in [0.2, 0.25) is 0 Å². The number of benzene rings is 2. The minimum atomic E-state index is 0.522. The van der Waals surface area contributed by atoms with Crippen molar-refractivity contribution in [1.29, 1.82) is 0 Å². The lowest BCUT2D eigenvalue weighted by atomic mass is 9.94. The molecule has 4 nitrogen and oxygen atoms in total. The van der Waals surface area contributed by atoms with Crippen LogP contribution in [0.5, 0.6) is 0 Å². The predicted molar refractivity (Wildman–Crippen MR) is 126 cm³/mol. The predicted octanol–water partition coefficient (Wildman–Crippen LogP) is 5.21. The first-order valence-corrected chi connectivity index (χ1v) is 10.7. The molecule has 0 spiro atoms. The third-order valence-corrected chi connectivity index (χ3v) is 5.19. The Morgan fingerprint density at radius 2 is 1.83 bits per heavy atom. The van der Waals surface area contributed by atoms with Crippen molar-refractivity contribution in [2.24, 2.45) is 21.6 Å². The summed E-state index contributed by atoms with van der Waals surface area (Å²) in [7, 11) is 2.01. The summed E-state index contributed by atoms with van der Waals surface area (Å²) >= 11 is 0. The number of nitrogens with two attached hydrogens (primary N) is 1. The van der Waals surface area contributed by atoms with E-state index in [0.717, 1.165) is 50.2 Å². The quantitative estimate of drug-likeness (QED) is 0.430. The van der Waals surface area contributed by atoms with E-state index in [-0.39, 0.29) is 0 Å². The average molecular weight is 393 g/mol. The second kappa shape index (κ2) is 12.2.